The van der Waals surface area contributed by atoms with Gasteiger partial charge in [0.25, 0.3) is 0 Å². The maximum Gasteiger partial charge on any atom is -0.00928 e. The van der Waals surface area contributed by atoms with Gasteiger partial charge in [-0.3, -0.25) is 0 Å². The highest BCUT2D eigenvalue weighted by molar-refractivity contribution is 6.03. The lowest BCUT2D eigenvalue weighted by Crippen LogP contribution is -2.03. The molecule has 0 heteroatoms. The summed E-state index contributed by atoms with van der Waals surface area (Å²) >= 11 is 0. The zero-order valence-electron chi connectivity index (χ0n) is 13.0. The number of benzene rings is 3. The molecule has 0 fully saturated rings. The van der Waals surface area contributed by atoms with Gasteiger partial charge in [0, 0.05) is 0 Å². The van der Waals surface area contributed by atoms with E-state index >= 15 is 0 Å². The Morgan fingerprint density at radius 2 is 1.52 bits per heavy atom. The standard InChI is InChI=1S/C23H16/c1-15-5-4-7-16(11-15)19-12-18-9-10-21-20-8-3-2-6-17(20)13-23(21)22(18)14-19/h2-14H,1H3. The molecule has 0 saturated heterocycles. The molecule has 0 saturated carbocycles. The average molecular weight is 292 g/mol. The molecule has 108 valence electrons. The molecule has 3 aromatic carbocycles. The second-order valence-corrected chi connectivity index (χ2v) is 6.37. The quantitative estimate of drug-likeness (QED) is 0.501. The second kappa shape index (κ2) is 4.57. The average Bonchev–Trinajstić information content (AvgIpc) is 3.16. The van der Waals surface area contributed by atoms with Gasteiger partial charge in [0.2, 0.25) is 0 Å². The summed E-state index contributed by atoms with van der Waals surface area (Å²) < 4.78 is 0. The summed E-state index contributed by atoms with van der Waals surface area (Å²) in [7, 11) is 0. The van der Waals surface area contributed by atoms with Gasteiger partial charge < -0.3 is 0 Å². The molecule has 0 amide bonds. The molecule has 23 heavy (non-hydrogen) atoms. The summed E-state index contributed by atoms with van der Waals surface area (Å²) in [6.45, 7) is 2.15. The molecule has 0 spiro atoms. The van der Waals surface area contributed by atoms with Crippen molar-refractivity contribution in [3.8, 4) is 0 Å². The van der Waals surface area contributed by atoms with Crippen molar-refractivity contribution in [1.82, 2.24) is 0 Å². The summed E-state index contributed by atoms with van der Waals surface area (Å²) in [6, 6.07) is 21.9. The molecule has 2 aliphatic rings. The Labute approximate surface area is 135 Å². The van der Waals surface area contributed by atoms with Crippen LogP contribution in [0.5, 0.6) is 0 Å². The lowest BCUT2D eigenvalue weighted by Gasteiger charge is -2.01. The zero-order chi connectivity index (χ0) is 15.4. The Kier molecular flexibility index (Phi) is 2.51. The van der Waals surface area contributed by atoms with Crippen LogP contribution in [0, 0.1) is 17.4 Å². The third kappa shape index (κ3) is 1.85. The van der Waals surface area contributed by atoms with E-state index in [-0.39, 0.29) is 0 Å². The van der Waals surface area contributed by atoms with Crippen molar-refractivity contribution in [3.05, 3.63) is 104 Å². The van der Waals surface area contributed by atoms with E-state index in [9.17, 15) is 0 Å². The first-order chi connectivity index (χ1) is 11.3. The first-order valence-corrected chi connectivity index (χ1v) is 8.04. The zero-order valence-corrected chi connectivity index (χ0v) is 13.0. The summed E-state index contributed by atoms with van der Waals surface area (Å²) in [4.78, 5) is 0. The van der Waals surface area contributed by atoms with Crippen molar-refractivity contribution in [2.24, 2.45) is 0 Å². The highest BCUT2D eigenvalue weighted by Crippen LogP contribution is 2.26. The number of fused-ring (bicyclic) bond motifs is 4. The SMILES string of the molecule is Cc1cccc(C2=Cc3c4c(ccc3=C2)=c2ccccc2=C4)c1. The van der Waals surface area contributed by atoms with Crippen molar-refractivity contribution in [2.45, 2.75) is 6.92 Å². The molecule has 0 heterocycles. The van der Waals surface area contributed by atoms with E-state index in [4.69, 9.17) is 0 Å². The largest absolute Gasteiger partial charge is 0.0616 e. The molecular weight excluding hydrogens is 276 g/mol. The summed E-state index contributed by atoms with van der Waals surface area (Å²) in [5.74, 6) is 0. The molecule has 0 aromatic heterocycles. The molecule has 0 nitrogen and oxygen atoms in total. The van der Waals surface area contributed by atoms with Gasteiger partial charge in [-0.25, -0.2) is 0 Å². The summed E-state index contributed by atoms with van der Waals surface area (Å²) in [5, 5.41) is 5.36. The predicted octanol–water partition coefficient (Wildman–Crippen LogP) is 3.76. The fraction of sp³-hybridized carbons (Fsp3) is 0.0435. The lowest BCUT2D eigenvalue weighted by molar-refractivity contribution is 1.45. The fourth-order valence-corrected chi connectivity index (χ4v) is 3.71. The number of rotatable bonds is 1. The van der Waals surface area contributed by atoms with Crippen molar-refractivity contribution in [3.63, 3.8) is 0 Å². The van der Waals surface area contributed by atoms with Gasteiger partial charge in [-0.15, -0.1) is 0 Å². The van der Waals surface area contributed by atoms with Gasteiger partial charge in [-0.05, 0) is 68.3 Å². The molecule has 0 aliphatic heterocycles. The van der Waals surface area contributed by atoms with Crippen LogP contribution in [-0.2, 0) is 0 Å². The van der Waals surface area contributed by atoms with Gasteiger partial charge in [-0.2, -0.15) is 0 Å². The number of hydrogen-bond donors (Lipinski definition) is 0. The number of allylic oxidation sites excluding steroid dienone is 1. The lowest BCUT2D eigenvalue weighted by atomic mass is 10.0. The Morgan fingerprint density at radius 3 is 2.43 bits per heavy atom. The first kappa shape index (κ1) is 12.7. The van der Waals surface area contributed by atoms with Crippen LogP contribution in [0.25, 0.3) is 23.8 Å². The topological polar surface area (TPSA) is 0 Å². The van der Waals surface area contributed by atoms with Gasteiger partial charge in [-0.1, -0.05) is 66.2 Å². The minimum absolute atomic E-state index is 1.30. The summed E-state index contributed by atoms with van der Waals surface area (Å²) in [6.07, 6.45) is 6.97. The van der Waals surface area contributed by atoms with Crippen LogP contribution in [-0.4, -0.2) is 0 Å². The molecule has 0 bridgehead atoms. The van der Waals surface area contributed by atoms with Crippen molar-refractivity contribution in [1.29, 1.82) is 0 Å². The van der Waals surface area contributed by atoms with E-state index in [1.807, 2.05) is 0 Å². The van der Waals surface area contributed by atoms with Gasteiger partial charge in [0.15, 0.2) is 0 Å². The van der Waals surface area contributed by atoms with E-state index in [0.717, 1.165) is 0 Å². The molecule has 3 aromatic rings. The minimum atomic E-state index is 1.30. The highest BCUT2D eigenvalue weighted by atomic mass is 14.2. The molecule has 5 rings (SSSR count). The Morgan fingerprint density at radius 1 is 0.609 bits per heavy atom. The Balaban J connectivity index is 1.79. The second-order valence-electron chi connectivity index (χ2n) is 6.37. The van der Waals surface area contributed by atoms with E-state index < -0.39 is 0 Å². The van der Waals surface area contributed by atoms with E-state index in [2.05, 4.69) is 85.8 Å². The maximum atomic E-state index is 2.34. The Bertz CT molecular complexity index is 1210. The van der Waals surface area contributed by atoms with Crippen LogP contribution in [0.4, 0.5) is 0 Å². The minimum Gasteiger partial charge on any atom is -0.0616 e. The van der Waals surface area contributed by atoms with Crippen LogP contribution < -0.4 is 10.4 Å². The molecule has 0 N–H and O–H groups in total. The third-order valence-corrected chi connectivity index (χ3v) is 4.83. The van der Waals surface area contributed by atoms with E-state index in [0.29, 0.717) is 0 Å². The molecule has 2 aliphatic carbocycles. The summed E-state index contributed by atoms with van der Waals surface area (Å²) in [5.41, 5.74) is 6.63. The first-order valence-electron chi connectivity index (χ1n) is 8.04. The van der Waals surface area contributed by atoms with Crippen LogP contribution in [0.1, 0.15) is 22.3 Å². The molecule has 0 atom stereocenters. The van der Waals surface area contributed by atoms with Crippen LogP contribution in [0.2, 0.25) is 0 Å². The maximum absolute atomic E-state index is 2.34. The number of aryl methyl sites for hydroxylation is 1. The fourth-order valence-electron chi connectivity index (χ4n) is 3.71. The van der Waals surface area contributed by atoms with Crippen LogP contribution in [0.15, 0.2) is 60.7 Å². The van der Waals surface area contributed by atoms with Gasteiger partial charge >= 0.3 is 0 Å². The van der Waals surface area contributed by atoms with Crippen LogP contribution >= 0.6 is 0 Å². The monoisotopic (exact) mass is 292 g/mol. The van der Waals surface area contributed by atoms with Gasteiger partial charge in [0.05, 0.1) is 0 Å². The van der Waals surface area contributed by atoms with Gasteiger partial charge in [0.1, 0.15) is 0 Å². The van der Waals surface area contributed by atoms with Crippen LogP contribution in [0.3, 0.4) is 0 Å². The number of hydrogen-bond acceptors (Lipinski definition) is 0. The van der Waals surface area contributed by atoms with E-state index in [1.165, 1.54) is 48.7 Å². The van der Waals surface area contributed by atoms with Crippen molar-refractivity contribution in [2.75, 3.05) is 0 Å². The normalized spacial score (nSPS) is 13.5. The third-order valence-electron chi connectivity index (χ3n) is 4.83. The Hall–Kier alpha value is -2.86. The predicted molar refractivity (Wildman–Crippen MR) is 96.9 cm³/mol. The van der Waals surface area contributed by atoms with Crippen molar-refractivity contribution >= 4 is 23.8 Å². The molecule has 0 unspecified atom stereocenters. The van der Waals surface area contributed by atoms with Crippen molar-refractivity contribution < 1.29 is 0 Å². The molecular formula is C23H16. The molecule has 0 radical (unpaired) electrons. The smallest absolute Gasteiger partial charge is 0.00928 e. The highest BCUT2D eigenvalue weighted by Gasteiger charge is 2.13. The van der Waals surface area contributed by atoms with E-state index in [1.54, 1.807) is 0 Å².